The highest BCUT2D eigenvalue weighted by Gasteiger charge is 2.19. The maximum absolute atomic E-state index is 12.5. The van der Waals surface area contributed by atoms with E-state index in [2.05, 4.69) is 27.1 Å². The smallest absolute Gasteiger partial charge is 0.287 e. The molecule has 0 spiro atoms. The van der Waals surface area contributed by atoms with Crippen molar-refractivity contribution in [3.63, 3.8) is 0 Å². The van der Waals surface area contributed by atoms with Crippen molar-refractivity contribution < 1.29 is 14.3 Å². The molecule has 7 nitrogen and oxygen atoms in total. The number of amides is 1. The van der Waals surface area contributed by atoms with Crippen LogP contribution < -0.4 is 5.32 Å². The van der Waals surface area contributed by atoms with Crippen molar-refractivity contribution in [3.05, 3.63) is 54.0 Å². The number of rotatable bonds is 4. The molecule has 26 heavy (non-hydrogen) atoms. The van der Waals surface area contributed by atoms with Gasteiger partial charge in [0.1, 0.15) is 5.60 Å². The molecule has 1 unspecified atom stereocenters. The fraction of sp³-hybridized carbons (Fsp3) is 0.316. The van der Waals surface area contributed by atoms with Crippen LogP contribution in [-0.2, 0) is 0 Å². The number of nitrogens with zero attached hydrogens (tertiary/aromatic N) is 3. The number of aromatic nitrogens is 3. The third-order valence-corrected chi connectivity index (χ3v) is 3.65. The molecule has 0 aliphatic rings. The van der Waals surface area contributed by atoms with Crippen LogP contribution in [0.3, 0.4) is 0 Å². The van der Waals surface area contributed by atoms with E-state index in [1.54, 1.807) is 36.6 Å². The van der Waals surface area contributed by atoms with Crippen LogP contribution in [0.2, 0.25) is 0 Å². The molecular formula is C19H20N4O3. The fourth-order valence-electron chi connectivity index (χ4n) is 2.37. The average molecular weight is 352 g/mol. The zero-order chi connectivity index (χ0) is 18.7. The Bertz CT molecular complexity index is 952. The first-order valence-corrected chi connectivity index (χ1v) is 8.31. The van der Waals surface area contributed by atoms with Crippen molar-refractivity contribution in [3.8, 4) is 11.8 Å². The van der Waals surface area contributed by atoms with Gasteiger partial charge in [0.05, 0.1) is 11.7 Å². The Morgan fingerprint density at radius 3 is 2.96 bits per heavy atom. The lowest BCUT2D eigenvalue weighted by atomic mass is 10.1. The van der Waals surface area contributed by atoms with E-state index in [0.29, 0.717) is 18.0 Å². The van der Waals surface area contributed by atoms with Gasteiger partial charge in [0.15, 0.2) is 11.5 Å². The molecule has 0 saturated carbocycles. The van der Waals surface area contributed by atoms with Crippen LogP contribution in [0.5, 0.6) is 0 Å². The number of hydrogen-bond donors (Lipinski definition) is 2. The van der Waals surface area contributed by atoms with Crippen LogP contribution in [0.15, 0.2) is 41.2 Å². The van der Waals surface area contributed by atoms with Gasteiger partial charge < -0.3 is 14.8 Å². The molecule has 0 bridgehead atoms. The number of hydrogen-bond acceptors (Lipinski definition) is 5. The van der Waals surface area contributed by atoms with E-state index in [0.717, 1.165) is 5.69 Å². The first kappa shape index (κ1) is 17.7. The maximum atomic E-state index is 12.5. The number of fused-ring (bicyclic) bond motifs is 1. The van der Waals surface area contributed by atoms with Crippen molar-refractivity contribution in [2.24, 2.45) is 0 Å². The van der Waals surface area contributed by atoms with Crippen molar-refractivity contribution >= 4 is 11.7 Å². The van der Waals surface area contributed by atoms with Gasteiger partial charge in [-0.05, 0) is 44.4 Å². The Morgan fingerprint density at radius 2 is 2.27 bits per heavy atom. The number of nitrogens with one attached hydrogen (secondary N) is 1. The van der Waals surface area contributed by atoms with Gasteiger partial charge in [-0.2, -0.15) is 0 Å². The molecule has 3 rings (SSSR count). The summed E-state index contributed by atoms with van der Waals surface area (Å²) in [5, 5.41) is 12.5. The number of imidazole rings is 1. The van der Waals surface area contributed by atoms with Crippen LogP contribution in [-0.4, -0.2) is 31.0 Å². The molecule has 134 valence electrons. The molecule has 3 aromatic rings. The molecule has 3 heterocycles. The molecule has 3 aromatic heterocycles. The highest BCUT2D eigenvalue weighted by Crippen LogP contribution is 2.17. The van der Waals surface area contributed by atoms with E-state index in [1.807, 2.05) is 25.4 Å². The summed E-state index contributed by atoms with van der Waals surface area (Å²) < 4.78 is 7.25. The molecule has 0 aromatic carbocycles. The van der Waals surface area contributed by atoms with Crippen LogP contribution >= 0.6 is 0 Å². The molecule has 7 heteroatoms. The first-order chi connectivity index (χ1) is 12.4. The second-order valence-electron chi connectivity index (χ2n) is 6.40. The molecule has 2 N–H and O–H groups in total. The van der Waals surface area contributed by atoms with Gasteiger partial charge in [-0.3, -0.25) is 9.20 Å². The minimum absolute atomic E-state index is 0.158. The minimum Gasteiger partial charge on any atom is -0.443 e. The summed E-state index contributed by atoms with van der Waals surface area (Å²) in [7, 11) is 0. The largest absolute Gasteiger partial charge is 0.443 e. The summed E-state index contributed by atoms with van der Waals surface area (Å²) in [6.07, 6.45) is 6.04. The topological polar surface area (TPSA) is 92.7 Å². The Labute approximate surface area is 151 Å². The summed E-state index contributed by atoms with van der Waals surface area (Å²) in [6.45, 7) is 5.11. The predicted molar refractivity (Wildman–Crippen MR) is 95.4 cm³/mol. The van der Waals surface area contributed by atoms with Gasteiger partial charge in [0, 0.05) is 18.6 Å². The van der Waals surface area contributed by atoms with E-state index in [4.69, 9.17) is 4.42 Å². The number of carbonyl (C=O) groups excluding carboxylic acids is 1. The quantitative estimate of drug-likeness (QED) is 0.703. The molecule has 0 fully saturated rings. The maximum Gasteiger partial charge on any atom is 0.287 e. The zero-order valence-electron chi connectivity index (χ0n) is 14.9. The monoisotopic (exact) mass is 352 g/mol. The Morgan fingerprint density at radius 1 is 1.46 bits per heavy atom. The van der Waals surface area contributed by atoms with Gasteiger partial charge in [0.25, 0.3) is 5.91 Å². The molecule has 0 aliphatic carbocycles. The van der Waals surface area contributed by atoms with Gasteiger partial charge in [-0.25, -0.2) is 9.97 Å². The van der Waals surface area contributed by atoms with Crippen LogP contribution in [0.4, 0.5) is 0 Å². The van der Waals surface area contributed by atoms with Crippen LogP contribution in [0.25, 0.3) is 5.78 Å². The summed E-state index contributed by atoms with van der Waals surface area (Å²) in [5.41, 5.74) is -0.396. The Kier molecular flexibility index (Phi) is 4.78. The second kappa shape index (κ2) is 7.02. The summed E-state index contributed by atoms with van der Waals surface area (Å²) >= 11 is 0. The normalized spacial score (nSPS) is 12.5. The first-order valence-electron chi connectivity index (χ1n) is 8.31. The van der Waals surface area contributed by atoms with Gasteiger partial charge in [-0.1, -0.05) is 12.8 Å². The highest BCUT2D eigenvalue weighted by atomic mass is 16.3. The van der Waals surface area contributed by atoms with Crippen LogP contribution in [0, 0.1) is 11.8 Å². The van der Waals surface area contributed by atoms with E-state index < -0.39 is 5.60 Å². The lowest BCUT2D eigenvalue weighted by molar-refractivity contribution is 0.0906. The SMILES string of the molecule is CCC(NC(=O)c1ccc(C#CC(C)(C)O)o1)c1cn2cccnc2n1. The summed E-state index contributed by atoms with van der Waals surface area (Å²) in [5.74, 6) is 6.06. The molecule has 0 saturated heterocycles. The second-order valence-corrected chi connectivity index (χ2v) is 6.40. The van der Waals surface area contributed by atoms with E-state index >= 15 is 0 Å². The number of aliphatic hydroxyl groups is 1. The minimum atomic E-state index is -1.13. The number of furan rings is 1. The van der Waals surface area contributed by atoms with E-state index in [1.165, 1.54) is 0 Å². The van der Waals surface area contributed by atoms with Gasteiger partial charge in [-0.15, -0.1) is 0 Å². The average Bonchev–Trinajstić information content (AvgIpc) is 3.23. The highest BCUT2D eigenvalue weighted by molar-refractivity contribution is 5.91. The van der Waals surface area contributed by atoms with E-state index in [9.17, 15) is 9.90 Å². The van der Waals surface area contributed by atoms with Crippen molar-refractivity contribution in [2.75, 3.05) is 0 Å². The molecule has 1 atom stereocenters. The van der Waals surface area contributed by atoms with Crippen molar-refractivity contribution in [1.82, 2.24) is 19.7 Å². The van der Waals surface area contributed by atoms with Crippen molar-refractivity contribution in [1.29, 1.82) is 0 Å². The third kappa shape index (κ3) is 4.10. The standard InChI is InChI=1S/C19H20N4O3/c1-4-14(15-12-23-11-5-10-20-18(23)22-15)21-17(24)16-7-6-13(26-16)8-9-19(2,3)25/h5-7,10-12,14,25H,4H2,1-3H3,(H,21,24). The molecule has 1 amide bonds. The lowest BCUT2D eigenvalue weighted by Gasteiger charge is -2.13. The van der Waals surface area contributed by atoms with Crippen molar-refractivity contribution in [2.45, 2.75) is 38.8 Å². The molecule has 0 aliphatic heterocycles. The number of carbonyl (C=O) groups is 1. The predicted octanol–water partition coefficient (Wildman–Crippen LogP) is 2.33. The van der Waals surface area contributed by atoms with E-state index in [-0.39, 0.29) is 17.7 Å². The van der Waals surface area contributed by atoms with Crippen LogP contribution in [0.1, 0.15) is 55.2 Å². The van der Waals surface area contributed by atoms with Gasteiger partial charge in [0.2, 0.25) is 5.78 Å². The molecule has 0 radical (unpaired) electrons. The lowest BCUT2D eigenvalue weighted by Crippen LogP contribution is -2.28. The molecular weight excluding hydrogens is 332 g/mol. The summed E-state index contributed by atoms with van der Waals surface area (Å²) in [6, 6.07) is 4.71. The third-order valence-electron chi connectivity index (χ3n) is 3.65. The summed E-state index contributed by atoms with van der Waals surface area (Å²) in [4.78, 5) is 21.1. The Balaban J connectivity index is 1.75. The van der Waals surface area contributed by atoms with Gasteiger partial charge >= 0.3 is 0 Å². The zero-order valence-corrected chi connectivity index (χ0v) is 14.9. The fourth-order valence-corrected chi connectivity index (χ4v) is 2.37. The Hall–Kier alpha value is -3.11.